The molecular weight excluding hydrogens is 475 g/mol. The number of amides is 2. The van der Waals surface area contributed by atoms with Crippen LogP contribution in [-0.4, -0.2) is 36.7 Å². The van der Waals surface area contributed by atoms with Crippen LogP contribution in [0.5, 0.6) is 0 Å². The number of anilines is 2. The fraction of sp³-hybridized carbons (Fsp3) is 0.0417. The van der Waals surface area contributed by atoms with E-state index in [1.54, 1.807) is 24.4 Å². The zero-order valence-corrected chi connectivity index (χ0v) is 18.2. The maximum Gasteiger partial charge on any atom is 0.416 e. The van der Waals surface area contributed by atoms with Crippen molar-refractivity contribution in [2.45, 2.75) is 6.18 Å². The van der Waals surface area contributed by atoms with Gasteiger partial charge in [0.1, 0.15) is 5.52 Å². The third-order valence-electron chi connectivity index (χ3n) is 5.25. The van der Waals surface area contributed by atoms with Crippen molar-refractivity contribution in [3.8, 4) is 11.3 Å². The van der Waals surface area contributed by atoms with Crippen LogP contribution in [0.25, 0.3) is 22.3 Å². The zero-order valence-electron chi connectivity index (χ0n) is 18.2. The molecule has 0 unspecified atom stereocenters. The van der Waals surface area contributed by atoms with Crippen LogP contribution in [0.2, 0.25) is 0 Å². The number of benzene rings is 2. The summed E-state index contributed by atoms with van der Waals surface area (Å²) in [6.45, 7) is 0. The lowest BCUT2D eigenvalue weighted by Crippen LogP contribution is -2.14. The number of pyridine rings is 1. The smallest absolute Gasteiger partial charge is 0.331 e. The number of carbonyl (C=O) groups excluding carboxylic acids is 2. The maximum atomic E-state index is 12.8. The van der Waals surface area contributed by atoms with Gasteiger partial charge in [-0.05, 0) is 36.4 Å². The van der Waals surface area contributed by atoms with E-state index in [4.69, 9.17) is 0 Å². The Bertz CT molecular complexity index is 1540. The number of hydrogen-bond donors (Lipinski definition) is 4. The molecule has 0 fully saturated rings. The van der Waals surface area contributed by atoms with E-state index < -0.39 is 23.6 Å². The molecule has 5 rings (SSSR count). The fourth-order valence-corrected chi connectivity index (χ4v) is 3.49. The monoisotopic (exact) mass is 491 g/mol. The maximum absolute atomic E-state index is 12.8. The minimum Gasteiger partial charge on any atom is -0.331 e. The van der Waals surface area contributed by atoms with E-state index in [1.807, 2.05) is 0 Å². The number of nitrogens with zero attached hydrogens (tertiary/aromatic N) is 3. The standard InChI is InChI=1S/C24H16F3N7O2/c25-24(26,27)15-7-4-13(5-8-15)17-9-6-14(12-30-17)20(35)33-23-31-18-3-1-2-16(19(18)32-23)21(36)34-22-28-10-11-29-22/h1-12H,(H2,28,29,34,36)(H2,31,32,33,35). The Labute approximate surface area is 200 Å². The molecule has 5 aromatic rings. The number of imidazole rings is 2. The Morgan fingerprint density at radius 1 is 0.861 bits per heavy atom. The molecule has 36 heavy (non-hydrogen) atoms. The first-order valence-corrected chi connectivity index (χ1v) is 10.5. The van der Waals surface area contributed by atoms with Crippen molar-refractivity contribution in [2.75, 3.05) is 10.6 Å². The number of aromatic nitrogens is 5. The van der Waals surface area contributed by atoms with E-state index in [0.717, 1.165) is 12.1 Å². The largest absolute Gasteiger partial charge is 0.416 e. The molecule has 3 aromatic heterocycles. The average molecular weight is 491 g/mol. The van der Waals surface area contributed by atoms with Gasteiger partial charge in [-0.25, -0.2) is 9.97 Å². The van der Waals surface area contributed by atoms with Gasteiger partial charge >= 0.3 is 6.18 Å². The Hall–Kier alpha value is -5.00. The normalized spacial score (nSPS) is 11.4. The lowest BCUT2D eigenvalue weighted by Gasteiger charge is -2.08. The predicted molar refractivity (Wildman–Crippen MR) is 125 cm³/mol. The van der Waals surface area contributed by atoms with Crippen molar-refractivity contribution >= 4 is 34.7 Å². The number of halogens is 3. The lowest BCUT2D eigenvalue weighted by atomic mass is 10.1. The average Bonchev–Trinajstić information content (AvgIpc) is 3.52. The Balaban J connectivity index is 1.31. The molecule has 4 N–H and O–H groups in total. The van der Waals surface area contributed by atoms with Gasteiger partial charge in [-0.2, -0.15) is 13.2 Å². The highest BCUT2D eigenvalue weighted by Gasteiger charge is 2.30. The molecule has 0 aliphatic heterocycles. The number of fused-ring (bicyclic) bond motifs is 1. The Morgan fingerprint density at radius 3 is 2.31 bits per heavy atom. The van der Waals surface area contributed by atoms with Crippen LogP contribution in [0.1, 0.15) is 26.3 Å². The second-order valence-corrected chi connectivity index (χ2v) is 7.64. The summed E-state index contributed by atoms with van der Waals surface area (Å²) in [5.41, 5.74) is 1.52. The number of hydrogen-bond acceptors (Lipinski definition) is 5. The summed E-state index contributed by atoms with van der Waals surface area (Å²) in [5, 5.41) is 5.25. The summed E-state index contributed by atoms with van der Waals surface area (Å²) < 4.78 is 38.3. The number of aromatic amines is 2. The minimum atomic E-state index is -4.42. The molecule has 2 aromatic carbocycles. The van der Waals surface area contributed by atoms with Crippen LogP contribution >= 0.6 is 0 Å². The number of H-pyrrole nitrogens is 2. The highest BCUT2D eigenvalue weighted by atomic mass is 19.4. The minimum absolute atomic E-state index is 0.125. The van der Waals surface area contributed by atoms with Crippen LogP contribution in [-0.2, 0) is 6.18 Å². The van der Waals surface area contributed by atoms with Crippen molar-refractivity contribution in [1.29, 1.82) is 0 Å². The summed E-state index contributed by atoms with van der Waals surface area (Å²) in [7, 11) is 0. The zero-order chi connectivity index (χ0) is 25.3. The second-order valence-electron chi connectivity index (χ2n) is 7.64. The third kappa shape index (κ3) is 4.64. The van der Waals surface area contributed by atoms with Crippen LogP contribution in [0.4, 0.5) is 25.1 Å². The molecule has 2 amide bonds. The van der Waals surface area contributed by atoms with Crippen molar-refractivity contribution in [1.82, 2.24) is 24.9 Å². The first-order chi connectivity index (χ1) is 17.3. The van der Waals surface area contributed by atoms with Crippen LogP contribution in [0, 0.1) is 0 Å². The van der Waals surface area contributed by atoms with E-state index in [0.29, 0.717) is 22.3 Å². The van der Waals surface area contributed by atoms with Crippen LogP contribution < -0.4 is 10.6 Å². The molecule has 0 saturated carbocycles. The first kappa shape index (κ1) is 22.8. The predicted octanol–water partition coefficient (Wildman–Crippen LogP) is 4.87. The molecule has 180 valence electrons. The van der Waals surface area contributed by atoms with Crippen LogP contribution in [0.3, 0.4) is 0 Å². The molecule has 0 radical (unpaired) electrons. The molecule has 0 aliphatic carbocycles. The number of alkyl halides is 3. The van der Waals surface area contributed by atoms with Gasteiger partial charge in [-0.1, -0.05) is 18.2 Å². The number of carbonyl (C=O) groups is 2. The number of rotatable bonds is 5. The van der Waals surface area contributed by atoms with E-state index in [9.17, 15) is 22.8 Å². The van der Waals surface area contributed by atoms with E-state index in [1.165, 1.54) is 36.7 Å². The van der Waals surface area contributed by atoms with Gasteiger partial charge in [0.15, 0.2) is 0 Å². The van der Waals surface area contributed by atoms with Gasteiger partial charge in [-0.15, -0.1) is 0 Å². The summed E-state index contributed by atoms with van der Waals surface area (Å²) in [4.78, 5) is 43.5. The van der Waals surface area contributed by atoms with Gasteiger partial charge in [0.2, 0.25) is 11.9 Å². The van der Waals surface area contributed by atoms with Crippen molar-refractivity contribution in [3.63, 3.8) is 0 Å². The van der Waals surface area contributed by atoms with Gasteiger partial charge in [0, 0.05) is 24.2 Å². The van der Waals surface area contributed by atoms with E-state index >= 15 is 0 Å². The molecule has 0 aliphatic rings. The fourth-order valence-electron chi connectivity index (χ4n) is 3.49. The topological polar surface area (TPSA) is 128 Å². The number of nitrogens with one attached hydrogen (secondary N) is 4. The second kappa shape index (κ2) is 8.98. The van der Waals surface area contributed by atoms with Crippen molar-refractivity contribution in [3.05, 3.63) is 89.9 Å². The molecule has 9 nitrogen and oxygen atoms in total. The molecule has 0 saturated heterocycles. The summed E-state index contributed by atoms with van der Waals surface area (Å²) in [6.07, 6.45) is -0.0334. The van der Waals surface area contributed by atoms with E-state index in [2.05, 4.69) is 35.6 Å². The van der Waals surface area contributed by atoms with Gasteiger partial charge in [0.05, 0.1) is 27.9 Å². The molecule has 3 heterocycles. The molecule has 0 spiro atoms. The van der Waals surface area contributed by atoms with Crippen molar-refractivity contribution < 1.29 is 22.8 Å². The van der Waals surface area contributed by atoms with Crippen LogP contribution in [0.15, 0.2) is 73.2 Å². The van der Waals surface area contributed by atoms with E-state index in [-0.39, 0.29) is 23.0 Å². The lowest BCUT2D eigenvalue weighted by molar-refractivity contribution is -0.137. The summed E-state index contributed by atoms with van der Waals surface area (Å²) in [6, 6.07) is 12.6. The molecule has 12 heteroatoms. The SMILES string of the molecule is O=C(Nc1nc2c(C(=O)Nc3ncc[nH]3)cccc2[nH]1)c1ccc(-c2ccc(C(F)(F)F)cc2)nc1. The summed E-state index contributed by atoms with van der Waals surface area (Å²) in [5.74, 6) is -0.529. The quantitative estimate of drug-likeness (QED) is 0.279. The Kier molecular flexibility index (Phi) is 5.68. The van der Waals surface area contributed by atoms with Gasteiger partial charge < -0.3 is 9.97 Å². The highest BCUT2D eigenvalue weighted by molar-refractivity contribution is 6.11. The molecule has 0 bridgehead atoms. The van der Waals surface area contributed by atoms with Gasteiger partial charge in [0.25, 0.3) is 11.8 Å². The van der Waals surface area contributed by atoms with Crippen molar-refractivity contribution in [2.24, 2.45) is 0 Å². The van der Waals surface area contributed by atoms with Gasteiger partial charge in [-0.3, -0.25) is 25.2 Å². The summed E-state index contributed by atoms with van der Waals surface area (Å²) >= 11 is 0. The third-order valence-corrected chi connectivity index (χ3v) is 5.25. The number of para-hydroxylation sites is 1. The Morgan fingerprint density at radius 2 is 1.64 bits per heavy atom. The first-order valence-electron chi connectivity index (χ1n) is 10.5. The highest BCUT2D eigenvalue weighted by Crippen LogP contribution is 2.30. The molecule has 0 atom stereocenters. The molecular formula is C24H16F3N7O2.